The monoisotopic (exact) mass is 407 g/mol. The summed E-state index contributed by atoms with van der Waals surface area (Å²) in [5.74, 6) is 0.628. The van der Waals surface area contributed by atoms with E-state index < -0.39 is 0 Å². The van der Waals surface area contributed by atoms with Crippen LogP contribution in [0.5, 0.6) is 0 Å². The Kier molecular flexibility index (Phi) is 5.92. The Bertz CT molecular complexity index is 1100. The molecule has 7 heteroatoms. The van der Waals surface area contributed by atoms with Gasteiger partial charge in [0.05, 0.1) is 23.9 Å². The Morgan fingerprint density at radius 2 is 1.87 bits per heavy atom. The molecular weight excluding hydrogens is 382 g/mol. The zero-order chi connectivity index (χ0) is 21.1. The van der Waals surface area contributed by atoms with Crippen LogP contribution in [0.15, 0.2) is 59.4 Å². The van der Waals surface area contributed by atoms with Crippen molar-refractivity contribution in [1.82, 2.24) is 14.5 Å². The lowest BCUT2D eigenvalue weighted by atomic mass is 9.78. The molecule has 7 nitrogen and oxygen atoms in total. The number of rotatable bonds is 3. The van der Waals surface area contributed by atoms with Crippen molar-refractivity contribution in [2.24, 2.45) is 5.92 Å². The maximum Gasteiger partial charge on any atom is 0.290 e. The molecule has 0 radical (unpaired) electrons. The van der Waals surface area contributed by atoms with Gasteiger partial charge in [0.1, 0.15) is 0 Å². The summed E-state index contributed by atoms with van der Waals surface area (Å²) in [5.41, 5.74) is 3.16. The van der Waals surface area contributed by atoms with Gasteiger partial charge >= 0.3 is 0 Å². The van der Waals surface area contributed by atoms with Gasteiger partial charge in [-0.1, -0.05) is 30.3 Å². The fourth-order valence-corrected chi connectivity index (χ4v) is 4.93. The average molecular weight is 407 g/mol. The molecule has 156 valence electrons. The van der Waals surface area contributed by atoms with Crippen LogP contribution in [0, 0.1) is 5.92 Å². The van der Waals surface area contributed by atoms with Crippen molar-refractivity contribution in [2.75, 3.05) is 19.7 Å². The Morgan fingerprint density at radius 3 is 2.67 bits per heavy atom. The van der Waals surface area contributed by atoms with E-state index in [1.807, 2.05) is 34.9 Å². The van der Waals surface area contributed by atoms with Crippen molar-refractivity contribution in [3.63, 3.8) is 0 Å². The van der Waals surface area contributed by atoms with Crippen molar-refractivity contribution in [3.05, 3.63) is 76.3 Å². The van der Waals surface area contributed by atoms with Crippen molar-refractivity contribution >= 4 is 17.4 Å². The van der Waals surface area contributed by atoms with Gasteiger partial charge in [-0.15, -0.1) is 0 Å². The summed E-state index contributed by atoms with van der Waals surface area (Å²) < 4.78 is 1.84. The highest BCUT2D eigenvalue weighted by molar-refractivity contribution is 5.78. The van der Waals surface area contributed by atoms with Gasteiger partial charge in [-0.05, 0) is 30.5 Å². The summed E-state index contributed by atoms with van der Waals surface area (Å²) in [4.78, 5) is 28.0. The Morgan fingerprint density at radius 1 is 1.07 bits per heavy atom. The normalized spacial score (nSPS) is 22.6. The van der Waals surface area contributed by atoms with E-state index in [9.17, 15) is 9.90 Å². The number of aliphatic hydroxyl groups excluding tert-OH is 1. The molecule has 2 N–H and O–H groups in total. The third kappa shape index (κ3) is 3.86. The minimum absolute atomic E-state index is 0.00546. The first kappa shape index (κ1) is 20.3. The van der Waals surface area contributed by atoms with Crippen LogP contribution >= 0.6 is 0 Å². The number of para-hydroxylation sites is 1. The summed E-state index contributed by atoms with van der Waals surface area (Å²) in [6.07, 6.45) is 1.04. The van der Waals surface area contributed by atoms with E-state index in [1.165, 1.54) is 0 Å². The molecule has 0 amide bonds. The van der Waals surface area contributed by atoms with E-state index in [4.69, 9.17) is 14.9 Å². The number of likely N-dealkylation sites (tertiary alicyclic amines) is 1. The number of piperidine rings is 1. The molecule has 3 aromatic rings. The van der Waals surface area contributed by atoms with Gasteiger partial charge in [0.2, 0.25) is 0 Å². The number of hydrogen-bond donors (Lipinski definition) is 2. The first-order valence-electron chi connectivity index (χ1n) is 10.1. The van der Waals surface area contributed by atoms with E-state index in [0.717, 1.165) is 48.3 Å². The van der Waals surface area contributed by atoms with Crippen LogP contribution in [0.4, 0.5) is 0 Å². The zero-order valence-electron chi connectivity index (χ0n) is 16.6. The summed E-state index contributed by atoms with van der Waals surface area (Å²) >= 11 is 0. The van der Waals surface area contributed by atoms with E-state index in [-0.39, 0.29) is 24.7 Å². The zero-order valence-corrected chi connectivity index (χ0v) is 16.6. The molecule has 1 fully saturated rings. The molecule has 2 aromatic heterocycles. The lowest BCUT2D eigenvalue weighted by Gasteiger charge is -2.46. The second-order valence-electron chi connectivity index (χ2n) is 7.90. The number of carboxylic acid groups (broad SMARTS) is 1. The molecule has 0 unspecified atom stereocenters. The number of fused-ring (bicyclic) bond motifs is 5. The number of benzene rings is 1. The second-order valence-corrected chi connectivity index (χ2v) is 7.90. The van der Waals surface area contributed by atoms with Gasteiger partial charge in [0.15, 0.2) is 0 Å². The molecular formula is C23H25N3O4. The van der Waals surface area contributed by atoms with Gasteiger partial charge in [0.25, 0.3) is 12.0 Å². The molecule has 0 saturated carbocycles. The Labute approximate surface area is 174 Å². The van der Waals surface area contributed by atoms with E-state index in [1.54, 1.807) is 6.07 Å². The highest BCUT2D eigenvalue weighted by Crippen LogP contribution is 2.41. The van der Waals surface area contributed by atoms with Crippen LogP contribution in [0.2, 0.25) is 0 Å². The van der Waals surface area contributed by atoms with Gasteiger partial charge in [-0.2, -0.15) is 0 Å². The molecule has 0 spiro atoms. The molecule has 0 aliphatic carbocycles. The van der Waals surface area contributed by atoms with Crippen LogP contribution in [-0.4, -0.2) is 50.8 Å². The third-order valence-electron chi connectivity index (χ3n) is 6.10. The smallest absolute Gasteiger partial charge is 0.290 e. The summed E-state index contributed by atoms with van der Waals surface area (Å²) in [6.45, 7) is 2.37. The largest absolute Gasteiger partial charge is 0.483 e. The minimum atomic E-state index is -0.250. The van der Waals surface area contributed by atoms with Crippen LogP contribution in [-0.2, 0) is 11.3 Å². The molecule has 4 heterocycles. The summed E-state index contributed by atoms with van der Waals surface area (Å²) in [5, 5.41) is 18.0. The molecule has 30 heavy (non-hydrogen) atoms. The van der Waals surface area contributed by atoms with E-state index in [0.29, 0.717) is 11.8 Å². The number of nitrogens with zero attached hydrogens (tertiary/aromatic N) is 3. The van der Waals surface area contributed by atoms with Gasteiger partial charge < -0.3 is 14.8 Å². The number of hydrogen-bond acceptors (Lipinski definition) is 5. The quantitative estimate of drug-likeness (QED) is 0.647. The highest BCUT2D eigenvalue weighted by Gasteiger charge is 2.40. The Balaban J connectivity index is 0.000000687. The molecule has 1 aromatic carbocycles. The molecule has 5 rings (SSSR count). The van der Waals surface area contributed by atoms with Crippen molar-refractivity contribution < 1.29 is 15.0 Å². The van der Waals surface area contributed by atoms with Gasteiger partial charge in [-0.25, -0.2) is 0 Å². The van der Waals surface area contributed by atoms with E-state index >= 15 is 0 Å². The fraction of sp³-hybridized carbons (Fsp3) is 0.348. The molecule has 2 bridgehead atoms. The van der Waals surface area contributed by atoms with Crippen LogP contribution in [0.1, 0.15) is 29.8 Å². The molecule has 1 saturated heterocycles. The number of pyridine rings is 2. The van der Waals surface area contributed by atoms with Crippen molar-refractivity contribution in [2.45, 2.75) is 24.9 Å². The number of carbonyl (C=O) groups is 1. The van der Waals surface area contributed by atoms with Crippen LogP contribution in [0.3, 0.4) is 0 Å². The lowest BCUT2D eigenvalue weighted by Crippen LogP contribution is -2.50. The molecule has 3 atom stereocenters. The van der Waals surface area contributed by atoms with Crippen molar-refractivity contribution in [3.8, 4) is 0 Å². The lowest BCUT2D eigenvalue weighted by molar-refractivity contribution is -0.122. The molecule has 2 aliphatic rings. The number of aliphatic hydroxyl groups is 1. The SMILES string of the molecule is O=CO.O=c1cccc2n1[C@@H](CO)[C@H]1C[C@@H]2CN(Cc2ccc3ccccc3n2)C1. The van der Waals surface area contributed by atoms with E-state index in [2.05, 4.69) is 23.1 Å². The number of aromatic nitrogens is 2. The average Bonchev–Trinajstić information content (AvgIpc) is 2.75. The third-order valence-corrected chi connectivity index (χ3v) is 6.10. The predicted octanol–water partition coefficient (Wildman–Crippen LogP) is 2.25. The summed E-state index contributed by atoms with van der Waals surface area (Å²) in [6, 6.07) is 17.8. The fourth-order valence-electron chi connectivity index (χ4n) is 4.93. The minimum Gasteiger partial charge on any atom is -0.483 e. The van der Waals surface area contributed by atoms with Crippen LogP contribution in [0.25, 0.3) is 10.9 Å². The first-order chi connectivity index (χ1) is 14.6. The van der Waals surface area contributed by atoms with Crippen molar-refractivity contribution in [1.29, 1.82) is 0 Å². The first-order valence-corrected chi connectivity index (χ1v) is 10.1. The molecule has 2 aliphatic heterocycles. The van der Waals surface area contributed by atoms with Crippen LogP contribution < -0.4 is 5.56 Å². The van der Waals surface area contributed by atoms with Gasteiger partial charge in [0, 0.05) is 42.7 Å². The standard InChI is InChI=1S/C22H23N3O2.CH2O2/c26-14-21-17-10-16(20-6-3-7-22(27)25(20)21)11-24(12-17)13-18-9-8-15-4-1-2-5-19(15)23-18;2-1-3/h1-9,16-17,21,26H,10-14H2;1H,(H,2,3)/t16-,17+,21+;/m1./s1. The Hall–Kier alpha value is -3.03. The predicted molar refractivity (Wildman–Crippen MR) is 113 cm³/mol. The topological polar surface area (TPSA) is 95.7 Å². The highest BCUT2D eigenvalue weighted by atomic mass is 16.3. The maximum atomic E-state index is 12.4. The maximum absolute atomic E-state index is 12.4. The summed E-state index contributed by atoms with van der Waals surface area (Å²) in [7, 11) is 0. The van der Waals surface area contributed by atoms with Gasteiger partial charge in [-0.3, -0.25) is 19.5 Å². The second kappa shape index (κ2) is 8.77.